The molecule has 0 radical (unpaired) electrons. The first-order valence-electron chi connectivity index (χ1n) is 14.8. The Labute approximate surface area is 244 Å². The van der Waals surface area contributed by atoms with Crippen LogP contribution in [-0.4, -0.2) is 8.80 Å². The highest BCUT2D eigenvalue weighted by Gasteiger charge is 2.24. The molecular weight excluding hydrogens is 508 g/mol. The lowest BCUT2D eigenvalue weighted by atomic mass is 9.95. The fourth-order valence-electron chi connectivity index (χ4n) is 7.76. The minimum atomic E-state index is 1.24. The number of aromatic nitrogens is 2. The standard InChI is InChI=1S/C40H30N2/c1-23-17-24(2)20-27(19-23)29-13-15-35-39-37(29)31-9-5-7-11-33(31)41(39)36-16-14-30(28-21-25(3)18-26(4)22-28)38-32-10-6-8-12-34(32)42(35)40(36)38/h5-22H,1-4H3. The average Bonchev–Trinajstić information content (AvgIpc) is 3.50. The zero-order chi connectivity index (χ0) is 28.3. The summed E-state index contributed by atoms with van der Waals surface area (Å²) in [6.07, 6.45) is 0. The van der Waals surface area contributed by atoms with Gasteiger partial charge in [-0.1, -0.05) is 107 Å². The van der Waals surface area contributed by atoms with E-state index in [4.69, 9.17) is 0 Å². The van der Waals surface area contributed by atoms with Crippen LogP contribution in [0.15, 0.2) is 109 Å². The van der Waals surface area contributed by atoms with Gasteiger partial charge < -0.3 is 8.80 Å². The normalized spacial score (nSPS) is 12.3. The van der Waals surface area contributed by atoms with E-state index < -0.39 is 0 Å². The Morgan fingerprint density at radius 1 is 0.381 bits per heavy atom. The van der Waals surface area contributed by atoms with Gasteiger partial charge in [0.1, 0.15) is 0 Å². The molecule has 3 heterocycles. The molecule has 0 aliphatic heterocycles. The molecule has 0 aliphatic rings. The van der Waals surface area contributed by atoms with E-state index in [2.05, 4.69) is 146 Å². The Hall–Kier alpha value is -5.08. The van der Waals surface area contributed by atoms with Crippen LogP contribution in [-0.2, 0) is 0 Å². The third-order valence-corrected chi connectivity index (χ3v) is 9.14. The van der Waals surface area contributed by atoms with Crippen LogP contribution in [0.1, 0.15) is 22.3 Å². The van der Waals surface area contributed by atoms with Crippen LogP contribution < -0.4 is 0 Å². The molecule has 2 heteroatoms. The number of hydrogen-bond acceptors (Lipinski definition) is 0. The zero-order valence-corrected chi connectivity index (χ0v) is 24.3. The average molecular weight is 539 g/mol. The Morgan fingerprint density at radius 2 is 0.762 bits per heavy atom. The number of rotatable bonds is 2. The Kier molecular flexibility index (Phi) is 4.63. The van der Waals surface area contributed by atoms with Crippen molar-refractivity contribution in [2.75, 3.05) is 0 Å². The van der Waals surface area contributed by atoms with Gasteiger partial charge in [-0.25, -0.2) is 0 Å². The van der Waals surface area contributed by atoms with Gasteiger partial charge in [-0.2, -0.15) is 0 Å². The van der Waals surface area contributed by atoms with Gasteiger partial charge in [-0.05, 0) is 74.2 Å². The minimum absolute atomic E-state index is 1.24. The summed E-state index contributed by atoms with van der Waals surface area (Å²) in [6.45, 7) is 8.78. The van der Waals surface area contributed by atoms with Crippen molar-refractivity contribution >= 4 is 54.6 Å². The van der Waals surface area contributed by atoms with E-state index in [1.807, 2.05) is 0 Å². The Balaban J connectivity index is 1.55. The van der Waals surface area contributed by atoms with Crippen LogP contribution in [0.3, 0.4) is 0 Å². The van der Waals surface area contributed by atoms with Crippen molar-refractivity contribution in [1.82, 2.24) is 8.80 Å². The number of aryl methyl sites for hydroxylation is 4. The molecule has 9 rings (SSSR count). The second-order valence-corrected chi connectivity index (χ2v) is 12.2. The summed E-state index contributed by atoms with van der Waals surface area (Å²) in [4.78, 5) is 0. The highest BCUT2D eigenvalue weighted by Crippen LogP contribution is 2.46. The predicted octanol–water partition coefficient (Wildman–Crippen LogP) is 10.8. The van der Waals surface area contributed by atoms with Crippen molar-refractivity contribution in [2.24, 2.45) is 0 Å². The SMILES string of the molecule is Cc1cc(C)cc(-c2ccc3c4c2c2ccccc2n4c2ccc(-c4cc(C)cc(C)c4)c4c5ccccc5n3c42)c1. The molecule has 9 aromatic rings. The van der Waals surface area contributed by atoms with Gasteiger partial charge in [-0.3, -0.25) is 0 Å². The van der Waals surface area contributed by atoms with Gasteiger partial charge in [0.2, 0.25) is 0 Å². The van der Waals surface area contributed by atoms with E-state index in [1.165, 1.54) is 99.2 Å². The van der Waals surface area contributed by atoms with E-state index in [-0.39, 0.29) is 0 Å². The number of fused-ring (bicyclic) bond motifs is 8. The summed E-state index contributed by atoms with van der Waals surface area (Å²) < 4.78 is 5.05. The third kappa shape index (κ3) is 3.04. The summed E-state index contributed by atoms with van der Waals surface area (Å²) in [5.74, 6) is 0. The molecule has 0 saturated carbocycles. The topological polar surface area (TPSA) is 8.82 Å². The van der Waals surface area contributed by atoms with Gasteiger partial charge in [0.15, 0.2) is 0 Å². The molecule has 0 saturated heterocycles. The Bertz CT molecular complexity index is 2330. The summed E-state index contributed by atoms with van der Waals surface area (Å²) in [5.41, 5.74) is 17.9. The molecule has 0 fully saturated rings. The van der Waals surface area contributed by atoms with Crippen molar-refractivity contribution in [2.45, 2.75) is 27.7 Å². The quantitative estimate of drug-likeness (QED) is 0.194. The van der Waals surface area contributed by atoms with Crippen LogP contribution >= 0.6 is 0 Å². The smallest absolute Gasteiger partial charge is 0.0789 e. The maximum absolute atomic E-state index is 2.53. The van der Waals surface area contributed by atoms with Crippen LogP contribution in [0.5, 0.6) is 0 Å². The van der Waals surface area contributed by atoms with Gasteiger partial charge in [-0.15, -0.1) is 0 Å². The lowest BCUT2D eigenvalue weighted by Crippen LogP contribution is -1.98. The second-order valence-electron chi connectivity index (χ2n) is 12.2. The molecule has 42 heavy (non-hydrogen) atoms. The summed E-state index contributed by atoms with van der Waals surface area (Å²) in [6, 6.07) is 41.1. The molecular formula is C40H30N2. The second kappa shape index (κ2) is 8.24. The predicted molar refractivity (Wildman–Crippen MR) is 179 cm³/mol. The molecule has 0 amide bonds. The fourth-order valence-corrected chi connectivity index (χ4v) is 7.76. The highest BCUT2D eigenvalue weighted by atomic mass is 15.0. The van der Waals surface area contributed by atoms with Gasteiger partial charge in [0, 0.05) is 21.5 Å². The molecule has 0 aliphatic carbocycles. The lowest BCUT2D eigenvalue weighted by molar-refractivity contribution is 1.26. The van der Waals surface area contributed by atoms with Crippen molar-refractivity contribution in [3.05, 3.63) is 131 Å². The third-order valence-electron chi connectivity index (χ3n) is 9.14. The highest BCUT2D eigenvalue weighted by molar-refractivity contribution is 6.26. The number of benzene rings is 6. The van der Waals surface area contributed by atoms with E-state index in [9.17, 15) is 0 Å². The largest absolute Gasteiger partial charge is 0.305 e. The zero-order valence-electron chi connectivity index (χ0n) is 24.3. The first-order chi connectivity index (χ1) is 20.5. The molecule has 6 aromatic carbocycles. The van der Waals surface area contributed by atoms with Crippen molar-refractivity contribution in [3.8, 4) is 22.3 Å². The van der Waals surface area contributed by atoms with Crippen LogP contribution in [0.25, 0.3) is 76.9 Å². The fraction of sp³-hybridized carbons (Fsp3) is 0.100. The first kappa shape index (κ1) is 23.6. The van der Waals surface area contributed by atoms with Crippen molar-refractivity contribution in [1.29, 1.82) is 0 Å². The summed E-state index contributed by atoms with van der Waals surface area (Å²) >= 11 is 0. The van der Waals surface area contributed by atoms with Crippen LogP contribution in [0.4, 0.5) is 0 Å². The van der Waals surface area contributed by atoms with Crippen LogP contribution in [0, 0.1) is 27.7 Å². The van der Waals surface area contributed by atoms with Gasteiger partial charge in [0.05, 0.1) is 33.1 Å². The van der Waals surface area contributed by atoms with Gasteiger partial charge >= 0.3 is 0 Å². The minimum Gasteiger partial charge on any atom is -0.305 e. The van der Waals surface area contributed by atoms with E-state index >= 15 is 0 Å². The lowest BCUT2D eigenvalue weighted by Gasteiger charge is -2.15. The van der Waals surface area contributed by atoms with E-state index in [0.29, 0.717) is 0 Å². The molecule has 0 spiro atoms. The molecule has 200 valence electrons. The number of nitrogens with zero attached hydrogens (tertiary/aromatic N) is 2. The van der Waals surface area contributed by atoms with E-state index in [1.54, 1.807) is 0 Å². The molecule has 0 unspecified atom stereocenters. The van der Waals surface area contributed by atoms with Crippen LogP contribution in [0.2, 0.25) is 0 Å². The molecule has 0 bridgehead atoms. The van der Waals surface area contributed by atoms with Gasteiger partial charge in [0.25, 0.3) is 0 Å². The van der Waals surface area contributed by atoms with Crippen molar-refractivity contribution in [3.63, 3.8) is 0 Å². The molecule has 0 atom stereocenters. The van der Waals surface area contributed by atoms with Crippen molar-refractivity contribution < 1.29 is 0 Å². The summed E-state index contributed by atoms with van der Waals surface area (Å²) in [5, 5.41) is 5.24. The monoisotopic (exact) mass is 538 g/mol. The maximum Gasteiger partial charge on any atom is 0.0789 e. The summed E-state index contributed by atoms with van der Waals surface area (Å²) in [7, 11) is 0. The molecule has 0 N–H and O–H groups in total. The Morgan fingerprint density at radius 3 is 1.17 bits per heavy atom. The molecule has 3 aromatic heterocycles. The van der Waals surface area contributed by atoms with E-state index in [0.717, 1.165) is 0 Å². The maximum atomic E-state index is 2.53. The first-order valence-corrected chi connectivity index (χ1v) is 14.8. The number of hydrogen-bond donors (Lipinski definition) is 0. The number of para-hydroxylation sites is 2. The molecule has 2 nitrogen and oxygen atoms in total.